The van der Waals surface area contributed by atoms with E-state index in [-0.39, 0.29) is 23.5 Å². The Morgan fingerprint density at radius 3 is 2.61 bits per heavy atom. The van der Waals surface area contributed by atoms with Crippen molar-refractivity contribution in [3.8, 4) is 11.8 Å². The number of anilines is 2. The third-order valence-electron chi connectivity index (χ3n) is 6.40. The molecule has 1 aliphatic rings. The van der Waals surface area contributed by atoms with Crippen LogP contribution in [-0.2, 0) is 22.6 Å². The number of fused-ring (bicyclic) bond motifs is 2. The van der Waals surface area contributed by atoms with Crippen LogP contribution in [0.2, 0.25) is 0 Å². The Hall–Kier alpha value is -4.14. The Kier molecular flexibility index (Phi) is 10.0. The number of benzene rings is 2. The Balaban J connectivity index is 0.000000383. The van der Waals surface area contributed by atoms with Crippen molar-refractivity contribution in [2.24, 2.45) is 0 Å². The van der Waals surface area contributed by atoms with Gasteiger partial charge in [-0.3, -0.25) is 4.79 Å². The molecule has 0 saturated heterocycles. The fourth-order valence-electron chi connectivity index (χ4n) is 4.39. The molecule has 4 rings (SSSR count). The van der Waals surface area contributed by atoms with Gasteiger partial charge in [0.1, 0.15) is 17.4 Å². The van der Waals surface area contributed by atoms with Crippen molar-refractivity contribution in [1.82, 2.24) is 14.9 Å². The number of nitrogens with zero attached hydrogens (tertiary/aromatic N) is 4. The molecule has 1 aromatic heterocycles. The van der Waals surface area contributed by atoms with Crippen LogP contribution in [0, 0.1) is 0 Å². The van der Waals surface area contributed by atoms with E-state index in [4.69, 9.17) is 10.5 Å². The summed E-state index contributed by atoms with van der Waals surface area (Å²) in [5, 5.41) is 12.2. The van der Waals surface area contributed by atoms with Crippen LogP contribution < -0.4 is 15.4 Å². The van der Waals surface area contributed by atoms with Crippen molar-refractivity contribution >= 4 is 34.0 Å². The second kappa shape index (κ2) is 13.4. The van der Waals surface area contributed by atoms with Crippen LogP contribution in [0.15, 0.2) is 49.1 Å². The van der Waals surface area contributed by atoms with Crippen LogP contribution >= 0.6 is 0 Å². The van der Waals surface area contributed by atoms with Crippen molar-refractivity contribution in [2.75, 3.05) is 36.9 Å². The Morgan fingerprint density at radius 2 is 1.95 bits per heavy atom. The molecule has 202 valence electrons. The summed E-state index contributed by atoms with van der Waals surface area (Å²) in [7, 11) is 0. The Labute approximate surface area is 223 Å². The number of carbonyl (C=O) groups is 2. The number of phenols is 1. The molecule has 0 fully saturated rings. The maximum Gasteiger partial charge on any atom is 0.318 e. The van der Waals surface area contributed by atoms with Crippen molar-refractivity contribution in [1.29, 1.82) is 0 Å². The van der Waals surface area contributed by atoms with Gasteiger partial charge in [0.05, 0.1) is 18.8 Å². The fourth-order valence-corrected chi connectivity index (χ4v) is 4.39. The summed E-state index contributed by atoms with van der Waals surface area (Å²) in [6.07, 6.45) is 3.15. The standard InChI is InChI=1S/C22H24N4O3.C7H13NO/c1-14(27)5-4-10-29-22-24-19-13-26(9-8-18(19)21(23)25-22)20-12-16(28)11-15-6-2-3-7-17(15)20;1-4-7(9)8(5-2)6-3/h2-3,6-7,11-12,28H,4-5,8-10,13H2,1H3,(H2,23,24,25);4H,1,5-6H2,2-3H3. The molecule has 0 spiro atoms. The van der Waals surface area contributed by atoms with E-state index in [9.17, 15) is 14.7 Å². The number of hydrogen-bond donors (Lipinski definition) is 2. The first-order valence-corrected chi connectivity index (χ1v) is 12.9. The minimum absolute atomic E-state index is 0.0139. The summed E-state index contributed by atoms with van der Waals surface area (Å²) in [6, 6.07) is 11.8. The highest BCUT2D eigenvalue weighted by atomic mass is 16.5. The predicted octanol–water partition coefficient (Wildman–Crippen LogP) is 4.27. The number of ether oxygens (including phenoxy) is 1. The number of aromatic hydroxyl groups is 1. The molecule has 3 aromatic rings. The summed E-state index contributed by atoms with van der Waals surface area (Å²) in [4.78, 5) is 34.6. The highest BCUT2D eigenvalue weighted by molar-refractivity contribution is 5.95. The smallest absolute Gasteiger partial charge is 0.318 e. The largest absolute Gasteiger partial charge is 0.508 e. The molecule has 0 aliphatic carbocycles. The van der Waals surface area contributed by atoms with Gasteiger partial charge >= 0.3 is 6.01 Å². The number of phenolic OH excluding ortho intramolecular Hbond substituents is 1. The van der Waals surface area contributed by atoms with Gasteiger partial charge in [-0.05, 0) is 51.1 Å². The van der Waals surface area contributed by atoms with Crippen LogP contribution in [0.3, 0.4) is 0 Å². The van der Waals surface area contributed by atoms with E-state index in [1.54, 1.807) is 24.0 Å². The van der Waals surface area contributed by atoms with Gasteiger partial charge in [0.15, 0.2) is 0 Å². The lowest BCUT2D eigenvalue weighted by Gasteiger charge is -2.31. The number of carbonyl (C=O) groups excluding carboxylic acids is 2. The fraction of sp³-hybridized carbons (Fsp3) is 0.379. The number of aromatic nitrogens is 2. The number of amides is 1. The summed E-state index contributed by atoms with van der Waals surface area (Å²) in [5.74, 6) is 0.826. The Bertz CT molecular complexity index is 1290. The number of hydrogen-bond acceptors (Lipinski definition) is 8. The minimum Gasteiger partial charge on any atom is -0.508 e. The van der Waals surface area contributed by atoms with Gasteiger partial charge in [0, 0.05) is 48.8 Å². The first kappa shape index (κ1) is 28.4. The van der Waals surface area contributed by atoms with Crippen LogP contribution in [0.5, 0.6) is 11.8 Å². The lowest BCUT2D eigenvalue weighted by molar-refractivity contribution is -0.125. The monoisotopic (exact) mass is 519 g/mol. The number of nitrogen functional groups attached to an aromatic ring is 1. The number of likely N-dealkylation sites (N-methyl/N-ethyl adjacent to an activating group) is 1. The second-order valence-electron chi connectivity index (χ2n) is 9.04. The van der Waals surface area contributed by atoms with Crippen molar-refractivity contribution in [2.45, 2.75) is 46.6 Å². The van der Waals surface area contributed by atoms with Crippen LogP contribution in [-0.4, -0.2) is 57.9 Å². The molecule has 1 aliphatic heterocycles. The Morgan fingerprint density at radius 1 is 1.21 bits per heavy atom. The van der Waals surface area contributed by atoms with Gasteiger partial charge in [-0.2, -0.15) is 9.97 Å². The average molecular weight is 520 g/mol. The normalized spacial score (nSPS) is 12.2. The van der Waals surface area contributed by atoms with Gasteiger partial charge in [0.2, 0.25) is 5.91 Å². The zero-order chi connectivity index (χ0) is 27.7. The molecule has 1 amide bonds. The first-order valence-electron chi connectivity index (χ1n) is 12.9. The summed E-state index contributed by atoms with van der Waals surface area (Å²) >= 11 is 0. The van der Waals surface area contributed by atoms with E-state index in [0.29, 0.717) is 31.8 Å². The average Bonchev–Trinajstić information content (AvgIpc) is 2.91. The molecule has 0 atom stereocenters. The van der Waals surface area contributed by atoms with Crippen LogP contribution in [0.25, 0.3) is 10.8 Å². The van der Waals surface area contributed by atoms with E-state index in [0.717, 1.165) is 53.8 Å². The molecule has 9 heteroatoms. The molecule has 0 bridgehead atoms. The third kappa shape index (κ3) is 7.21. The summed E-state index contributed by atoms with van der Waals surface area (Å²) < 4.78 is 5.62. The molecule has 2 heterocycles. The molecule has 0 saturated carbocycles. The quantitative estimate of drug-likeness (QED) is 0.318. The zero-order valence-electron chi connectivity index (χ0n) is 22.4. The molecule has 2 aromatic carbocycles. The van der Waals surface area contributed by atoms with E-state index < -0.39 is 0 Å². The van der Waals surface area contributed by atoms with E-state index in [1.165, 1.54) is 6.08 Å². The molecule has 0 unspecified atom stereocenters. The van der Waals surface area contributed by atoms with Crippen LogP contribution in [0.1, 0.15) is 44.9 Å². The number of Topliss-reactive ketones (excluding diaryl/α,β-unsaturated/α-hetero) is 1. The van der Waals surface area contributed by atoms with Crippen molar-refractivity contribution < 1.29 is 19.4 Å². The van der Waals surface area contributed by atoms with Gasteiger partial charge in [-0.25, -0.2) is 0 Å². The van der Waals surface area contributed by atoms with Crippen LogP contribution in [0.4, 0.5) is 11.5 Å². The maximum absolute atomic E-state index is 11.1. The highest BCUT2D eigenvalue weighted by Crippen LogP contribution is 2.35. The lowest BCUT2D eigenvalue weighted by atomic mass is 10.0. The second-order valence-corrected chi connectivity index (χ2v) is 9.04. The molecule has 9 nitrogen and oxygen atoms in total. The predicted molar refractivity (Wildman–Crippen MR) is 150 cm³/mol. The van der Waals surface area contributed by atoms with E-state index in [1.807, 2.05) is 32.0 Å². The molecule has 3 N–H and O–H groups in total. The number of nitrogens with two attached hydrogens (primary N) is 1. The number of rotatable bonds is 9. The molecule has 38 heavy (non-hydrogen) atoms. The SMILES string of the molecule is C=CC(=O)N(CC)CC.CC(=O)CCCOc1nc(N)c2c(n1)CN(c1cc(O)cc3ccccc13)CC2. The molecular formula is C29H37N5O4. The third-order valence-corrected chi connectivity index (χ3v) is 6.40. The topological polar surface area (TPSA) is 122 Å². The molecule has 0 radical (unpaired) electrons. The maximum atomic E-state index is 11.1. The van der Waals surface area contributed by atoms with Crippen molar-refractivity contribution in [3.05, 3.63) is 60.3 Å². The molecular weight excluding hydrogens is 482 g/mol. The van der Waals surface area contributed by atoms with E-state index >= 15 is 0 Å². The van der Waals surface area contributed by atoms with Gasteiger partial charge < -0.3 is 30.2 Å². The van der Waals surface area contributed by atoms with Gasteiger partial charge in [0.25, 0.3) is 0 Å². The summed E-state index contributed by atoms with van der Waals surface area (Å²) in [5.41, 5.74) is 8.89. The first-order chi connectivity index (χ1) is 18.3. The van der Waals surface area contributed by atoms with Gasteiger partial charge in [-0.15, -0.1) is 0 Å². The zero-order valence-corrected chi connectivity index (χ0v) is 22.4. The summed E-state index contributed by atoms with van der Waals surface area (Å²) in [6.45, 7) is 12.1. The van der Waals surface area contributed by atoms with Crippen molar-refractivity contribution in [3.63, 3.8) is 0 Å². The number of ketones is 1. The highest BCUT2D eigenvalue weighted by Gasteiger charge is 2.23. The van der Waals surface area contributed by atoms with Gasteiger partial charge in [-0.1, -0.05) is 30.8 Å². The lowest BCUT2D eigenvalue weighted by Crippen LogP contribution is -2.32. The van der Waals surface area contributed by atoms with E-state index in [2.05, 4.69) is 27.5 Å². The minimum atomic E-state index is 0.0139.